The van der Waals surface area contributed by atoms with Crippen LogP contribution in [0.25, 0.3) is 16.5 Å². The molecule has 2 N–H and O–H groups in total. The molecule has 0 fully saturated rings. The maximum Gasteiger partial charge on any atom is 0.236 e. The molecule has 3 rings (SSSR count). The van der Waals surface area contributed by atoms with E-state index in [1.807, 2.05) is 4.90 Å². The van der Waals surface area contributed by atoms with E-state index in [1.54, 1.807) is 0 Å². The molecule has 1 aliphatic rings. The molecule has 0 saturated heterocycles. The van der Waals surface area contributed by atoms with Gasteiger partial charge in [0.15, 0.2) is 0 Å². The van der Waals surface area contributed by atoms with Crippen molar-refractivity contribution < 1.29 is 4.79 Å². The van der Waals surface area contributed by atoms with E-state index < -0.39 is 0 Å². The Morgan fingerprint density at radius 1 is 1.35 bits per heavy atom. The first-order valence-electron chi connectivity index (χ1n) is 6.92. The standard InChI is InChI=1S/C16H19N3O/c1-18-11-14(13-4-2-3-5-15(13)18)12-6-8-19(9-7-12)16(20)10-17/h2-6,11H,7-10,17H2,1H3. The van der Waals surface area contributed by atoms with Gasteiger partial charge in [0.1, 0.15) is 0 Å². The van der Waals surface area contributed by atoms with Gasteiger partial charge in [-0.25, -0.2) is 0 Å². The Morgan fingerprint density at radius 2 is 2.15 bits per heavy atom. The normalized spacial score (nSPS) is 15.5. The molecule has 1 aromatic heterocycles. The van der Waals surface area contributed by atoms with Crippen LogP contribution in [0.2, 0.25) is 0 Å². The largest absolute Gasteiger partial charge is 0.350 e. The molecule has 1 amide bonds. The number of hydrogen-bond acceptors (Lipinski definition) is 2. The van der Waals surface area contributed by atoms with E-state index >= 15 is 0 Å². The molecular formula is C16H19N3O. The minimum absolute atomic E-state index is 0.0261. The number of carbonyl (C=O) groups is 1. The van der Waals surface area contributed by atoms with Crippen LogP contribution in [0.3, 0.4) is 0 Å². The number of aromatic nitrogens is 1. The number of nitrogens with two attached hydrogens (primary N) is 1. The summed E-state index contributed by atoms with van der Waals surface area (Å²) in [5, 5.41) is 1.28. The van der Waals surface area contributed by atoms with E-state index in [2.05, 4.69) is 48.2 Å². The zero-order valence-corrected chi connectivity index (χ0v) is 11.7. The van der Waals surface area contributed by atoms with E-state index in [0.29, 0.717) is 6.54 Å². The molecule has 0 radical (unpaired) electrons. The highest BCUT2D eigenvalue weighted by molar-refractivity contribution is 5.93. The van der Waals surface area contributed by atoms with Gasteiger partial charge in [0.05, 0.1) is 6.54 Å². The van der Waals surface area contributed by atoms with Crippen molar-refractivity contribution in [3.05, 3.63) is 42.1 Å². The Kier molecular flexibility index (Phi) is 3.32. The molecule has 0 bridgehead atoms. The van der Waals surface area contributed by atoms with Crippen LogP contribution in [0.4, 0.5) is 0 Å². The van der Waals surface area contributed by atoms with Crippen LogP contribution in [0.5, 0.6) is 0 Å². The molecule has 0 spiro atoms. The predicted molar refractivity (Wildman–Crippen MR) is 81.1 cm³/mol. The zero-order chi connectivity index (χ0) is 14.1. The minimum Gasteiger partial charge on any atom is -0.350 e. The summed E-state index contributed by atoms with van der Waals surface area (Å²) in [6.45, 7) is 1.51. The lowest BCUT2D eigenvalue weighted by molar-refractivity contribution is -0.129. The lowest BCUT2D eigenvalue weighted by Gasteiger charge is -2.26. The Balaban J connectivity index is 1.93. The predicted octanol–water partition coefficient (Wildman–Crippen LogP) is 1.75. The summed E-state index contributed by atoms with van der Waals surface area (Å²) < 4.78 is 2.16. The average molecular weight is 269 g/mol. The van der Waals surface area contributed by atoms with Gasteiger partial charge >= 0.3 is 0 Å². The van der Waals surface area contributed by atoms with Gasteiger partial charge in [-0.2, -0.15) is 0 Å². The number of carbonyl (C=O) groups excluding carboxylic acids is 1. The molecular weight excluding hydrogens is 250 g/mol. The van der Waals surface area contributed by atoms with E-state index in [-0.39, 0.29) is 12.5 Å². The first-order chi connectivity index (χ1) is 9.70. The number of nitrogens with zero attached hydrogens (tertiary/aromatic N) is 2. The summed E-state index contributed by atoms with van der Waals surface area (Å²) in [6, 6.07) is 8.41. The molecule has 20 heavy (non-hydrogen) atoms. The second-order valence-corrected chi connectivity index (χ2v) is 5.19. The Morgan fingerprint density at radius 3 is 2.85 bits per heavy atom. The molecule has 0 aliphatic carbocycles. The van der Waals surface area contributed by atoms with Crippen molar-refractivity contribution in [2.24, 2.45) is 12.8 Å². The van der Waals surface area contributed by atoms with Gasteiger partial charge in [0, 0.05) is 42.8 Å². The maximum absolute atomic E-state index is 11.6. The molecule has 104 valence electrons. The number of amides is 1. The minimum atomic E-state index is 0.0261. The van der Waals surface area contributed by atoms with Gasteiger partial charge in [0.25, 0.3) is 0 Å². The van der Waals surface area contributed by atoms with Gasteiger partial charge in [0.2, 0.25) is 5.91 Å². The smallest absolute Gasteiger partial charge is 0.236 e. The summed E-state index contributed by atoms with van der Waals surface area (Å²) >= 11 is 0. The second-order valence-electron chi connectivity index (χ2n) is 5.19. The zero-order valence-electron chi connectivity index (χ0n) is 11.7. The summed E-state index contributed by atoms with van der Waals surface area (Å²) in [7, 11) is 2.07. The van der Waals surface area contributed by atoms with Gasteiger partial charge in [-0.05, 0) is 18.1 Å². The van der Waals surface area contributed by atoms with Crippen LogP contribution < -0.4 is 5.73 Å². The monoisotopic (exact) mass is 269 g/mol. The second kappa shape index (κ2) is 5.13. The van der Waals surface area contributed by atoms with Crippen molar-refractivity contribution in [2.75, 3.05) is 19.6 Å². The molecule has 4 nitrogen and oxygen atoms in total. The fourth-order valence-corrected chi connectivity index (χ4v) is 2.87. The first-order valence-corrected chi connectivity index (χ1v) is 6.92. The number of aryl methyl sites for hydroxylation is 1. The Labute approximate surface area is 118 Å². The van der Waals surface area contributed by atoms with Crippen LogP contribution >= 0.6 is 0 Å². The lowest BCUT2D eigenvalue weighted by Crippen LogP contribution is -2.38. The van der Waals surface area contributed by atoms with Crippen molar-refractivity contribution in [1.82, 2.24) is 9.47 Å². The van der Waals surface area contributed by atoms with Crippen molar-refractivity contribution in [3.8, 4) is 0 Å². The van der Waals surface area contributed by atoms with Crippen molar-refractivity contribution in [3.63, 3.8) is 0 Å². The van der Waals surface area contributed by atoms with Gasteiger partial charge in [-0.15, -0.1) is 0 Å². The molecule has 2 heterocycles. The number of benzene rings is 1. The molecule has 0 atom stereocenters. The molecule has 0 saturated carbocycles. The fraction of sp³-hybridized carbons (Fsp3) is 0.312. The van der Waals surface area contributed by atoms with Gasteiger partial charge in [-0.3, -0.25) is 4.79 Å². The Bertz CT molecular complexity index is 684. The summed E-state index contributed by atoms with van der Waals surface area (Å²) in [4.78, 5) is 13.4. The third-order valence-corrected chi connectivity index (χ3v) is 3.98. The van der Waals surface area contributed by atoms with Gasteiger partial charge < -0.3 is 15.2 Å². The SMILES string of the molecule is Cn1cc(C2=CCN(C(=O)CN)CC2)c2ccccc21. The summed E-state index contributed by atoms with van der Waals surface area (Å²) in [6.07, 6.45) is 5.22. The van der Waals surface area contributed by atoms with Crippen LogP contribution in [0, 0.1) is 0 Å². The topological polar surface area (TPSA) is 51.3 Å². The molecule has 1 aliphatic heterocycles. The maximum atomic E-state index is 11.6. The lowest BCUT2D eigenvalue weighted by atomic mass is 9.99. The van der Waals surface area contributed by atoms with Gasteiger partial charge in [-0.1, -0.05) is 24.3 Å². The molecule has 2 aromatic rings. The van der Waals surface area contributed by atoms with E-state index in [9.17, 15) is 4.79 Å². The number of hydrogen-bond donors (Lipinski definition) is 1. The van der Waals surface area contributed by atoms with Crippen molar-refractivity contribution in [2.45, 2.75) is 6.42 Å². The number of fused-ring (bicyclic) bond motifs is 1. The number of para-hydroxylation sites is 1. The van der Waals surface area contributed by atoms with E-state index in [1.165, 1.54) is 22.0 Å². The first kappa shape index (κ1) is 12.9. The quantitative estimate of drug-likeness (QED) is 0.903. The Hall–Kier alpha value is -2.07. The molecule has 4 heteroatoms. The van der Waals surface area contributed by atoms with E-state index in [0.717, 1.165) is 13.0 Å². The summed E-state index contributed by atoms with van der Waals surface area (Å²) in [5.74, 6) is 0.0261. The van der Waals surface area contributed by atoms with Crippen molar-refractivity contribution in [1.29, 1.82) is 0 Å². The van der Waals surface area contributed by atoms with Crippen LogP contribution in [0.15, 0.2) is 36.5 Å². The number of rotatable bonds is 2. The highest BCUT2D eigenvalue weighted by atomic mass is 16.2. The van der Waals surface area contributed by atoms with E-state index in [4.69, 9.17) is 5.73 Å². The third-order valence-electron chi connectivity index (χ3n) is 3.98. The van der Waals surface area contributed by atoms with Crippen LogP contribution in [-0.2, 0) is 11.8 Å². The molecule has 0 unspecified atom stereocenters. The van der Waals surface area contributed by atoms with Crippen LogP contribution in [-0.4, -0.2) is 35.0 Å². The van der Waals surface area contributed by atoms with Crippen molar-refractivity contribution >= 4 is 22.4 Å². The van der Waals surface area contributed by atoms with Crippen LogP contribution in [0.1, 0.15) is 12.0 Å². The third kappa shape index (κ3) is 2.12. The highest BCUT2D eigenvalue weighted by Crippen LogP contribution is 2.30. The fourth-order valence-electron chi connectivity index (χ4n) is 2.87. The summed E-state index contributed by atoms with van der Waals surface area (Å²) in [5.41, 5.74) is 9.25. The highest BCUT2D eigenvalue weighted by Gasteiger charge is 2.18. The average Bonchev–Trinajstić information content (AvgIpc) is 2.84. The molecule has 1 aromatic carbocycles.